The monoisotopic (exact) mass is 430 g/mol. The molecule has 10 heteroatoms. The highest BCUT2D eigenvalue weighted by Crippen LogP contribution is 2.29. The lowest BCUT2D eigenvalue weighted by Gasteiger charge is -2.26. The number of guanidine groups is 1. The number of rotatable bonds is 8. The Hall–Kier alpha value is -1.65. The van der Waals surface area contributed by atoms with Gasteiger partial charge in [0.15, 0.2) is 5.96 Å². The van der Waals surface area contributed by atoms with Gasteiger partial charge in [-0.2, -0.15) is 11.8 Å². The van der Waals surface area contributed by atoms with Crippen LogP contribution in [-0.4, -0.2) is 76.8 Å². The molecule has 1 aromatic rings. The molecule has 0 aromatic heterocycles. The summed E-state index contributed by atoms with van der Waals surface area (Å²) in [4.78, 5) is 4.19. The van der Waals surface area contributed by atoms with E-state index in [9.17, 15) is 8.42 Å². The summed E-state index contributed by atoms with van der Waals surface area (Å²) < 4.78 is 37.2. The Kier molecular flexibility index (Phi) is 8.71. The molecule has 1 aliphatic heterocycles. The van der Waals surface area contributed by atoms with E-state index in [0.717, 1.165) is 28.6 Å². The van der Waals surface area contributed by atoms with Gasteiger partial charge in [-0.15, -0.1) is 0 Å². The topological polar surface area (TPSA) is 92.3 Å². The van der Waals surface area contributed by atoms with Crippen molar-refractivity contribution in [1.29, 1.82) is 0 Å². The number of nitrogens with one attached hydrogen (secondary N) is 2. The molecule has 1 unspecified atom stereocenters. The zero-order chi connectivity index (χ0) is 20.6. The number of hydrogen-bond acceptors (Lipinski definition) is 6. The van der Waals surface area contributed by atoms with Crippen LogP contribution in [0.5, 0.6) is 11.5 Å². The third-order valence-corrected chi connectivity index (χ3v) is 7.31. The molecule has 0 aliphatic carbocycles. The molecule has 0 amide bonds. The molecule has 1 heterocycles. The van der Waals surface area contributed by atoms with E-state index in [1.165, 1.54) is 0 Å². The molecule has 2 N–H and O–H groups in total. The molecule has 0 spiro atoms. The van der Waals surface area contributed by atoms with E-state index in [1.54, 1.807) is 37.3 Å². The van der Waals surface area contributed by atoms with E-state index in [2.05, 4.69) is 15.6 Å². The van der Waals surface area contributed by atoms with Crippen molar-refractivity contribution in [1.82, 2.24) is 14.9 Å². The lowest BCUT2D eigenvalue weighted by molar-refractivity contribution is 0.394. The van der Waals surface area contributed by atoms with Gasteiger partial charge in [-0.25, -0.2) is 12.7 Å². The summed E-state index contributed by atoms with van der Waals surface area (Å²) in [6.45, 7) is 3.44. The minimum Gasteiger partial charge on any atom is -0.497 e. The second-order valence-corrected chi connectivity index (χ2v) is 9.61. The van der Waals surface area contributed by atoms with Crippen molar-refractivity contribution in [2.24, 2.45) is 4.99 Å². The van der Waals surface area contributed by atoms with Crippen LogP contribution in [0.15, 0.2) is 23.2 Å². The van der Waals surface area contributed by atoms with Crippen LogP contribution in [0.4, 0.5) is 0 Å². The van der Waals surface area contributed by atoms with Crippen LogP contribution in [0.25, 0.3) is 0 Å². The largest absolute Gasteiger partial charge is 0.497 e. The van der Waals surface area contributed by atoms with Crippen LogP contribution in [-0.2, 0) is 10.0 Å². The molecule has 0 saturated carbocycles. The third kappa shape index (κ3) is 6.18. The highest BCUT2D eigenvalue weighted by Gasteiger charge is 2.23. The normalized spacial score (nSPS) is 17.1. The van der Waals surface area contributed by atoms with Crippen LogP contribution >= 0.6 is 11.8 Å². The summed E-state index contributed by atoms with van der Waals surface area (Å²) in [5.74, 6) is 3.75. The summed E-state index contributed by atoms with van der Waals surface area (Å²) in [5, 5.41) is 6.35. The van der Waals surface area contributed by atoms with Gasteiger partial charge in [-0.05, 0) is 25.1 Å². The highest BCUT2D eigenvalue weighted by molar-refractivity contribution is 7.99. The Bertz CT molecular complexity index is 765. The predicted molar refractivity (Wildman–Crippen MR) is 115 cm³/mol. The average molecular weight is 431 g/mol. The van der Waals surface area contributed by atoms with Gasteiger partial charge >= 0.3 is 0 Å². The fourth-order valence-corrected chi connectivity index (χ4v) is 5.40. The Balaban J connectivity index is 1.93. The Morgan fingerprint density at radius 3 is 2.61 bits per heavy atom. The van der Waals surface area contributed by atoms with E-state index in [0.29, 0.717) is 19.0 Å². The van der Waals surface area contributed by atoms with Gasteiger partial charge in [0.25, 0.3) is 0 Å². The standard InChI is InChI=1S/C18H30N4O4S2/c1-14(16-13-15(25-3)5-6-17(16)26-4)21-18(19-2)20-7-12-28(23,24)22-8-10-27-11-9-22/h5-6,13-14H,7-12H2,1-4H3,(H2,19,20,21). The SMILES string of the molecule is CN=C(NCCS(=O)(=O)N1CCSCC1)NC(C)c1cc(OC)ccc1OC. The fourth-order valence-electron chi connectivity index (χ4n) is 2.91. The zero-order valence-electron chi connectivity index (χ0n) is 16.9. The van der Waals surface area contributed by atoms with Gasteiger partial charge in [-0.3, -0.25) is 4.99 Å². The molecule has 8 nitrogen and oxygen atoms in total. The first kappa shape index (κ1) is 22.6. The molecule has 0 bridgehead atoms. The van der Waals surface area contributed by atoms with E-state index in [1.807, 2.05) is 25.1 Å². The van der Waals surface area contributed by atoms with Crippen molar-refractivity contribution in [3.63, 3.8) is 0 Å². The third-order valence-electron chi connectivity index (χ3n) is 4.50. The first-order chi connectivity index (χ1) is 13.4. The van der Waals surface area contributed by atoms with Crippen molar-refractivity contribution >= 4 is 27.7 Å². The predicted octanol–water partition coefficient (Wildman–Crippen LogP) is 1.31. The maximum atomic E-state index is 12.4. The first-order valence-corrected chi connectivity index (χ1v) is 11.9. The molecule has 158 valence electrons. The number of hydrogen-bond donors (Lipinski definition) is 2. The Labute approximate surface area is 172 Å². The molecular weight excluding hydrogens is 400 g/mol. The number of methoxy groups -OCH3 is 2. The minimum absolute atomic E-state index is 0.0369. The zero-order valence-corrected chi connectivity index (χ0v) is 18.5. The minimum atomic E-state index is -3.25. The van der Waals surface area contributed by atoms with Crippen molar-refractivity contribution in [2.75, 3.05) is 58.2 Å². The van der Waals surface area contributed by atoms with Crippen molar-refractivity contribution in [3.05, 3.63) is 23.8 Å². The van der Waals surface area contributed by atoms with Crippen molar-refractivity contribution < 1.29 is 17.9 Å². The second kappa shape index (κ2) is 10.8. The van der Waals surface area contributed by atoms with Gasteiger partial charge in [-0.1, -0.05) is 0 Å². The summed E-state index contributed by atoms with van der Waals surface area (Å²) >= 11 is 1.79. The van der Waals surface area contributed by atoms with E-state index < -0.39 is 10.0 Å². The van der Waals surface area contributed by atoms with Crippen molar-refractivity contribution in [3.8, 4) is 11.5 Å². The van der Waals surface area contributed by atoms with Gasteiger partial charge in [0, 0.05) is 43.8 Å². The molecule has 1 atom stereocenters. The number of benzene rings is 1. The molecule has 1 aliphatic rings. The molecule has 1 fully saturated rings. The maximum absolute atomic E-state index is 12.4. The number of aliphatic imine (C=N–C) groups is 1. The highest BCUT2D eigenvalue weighted by atomic mass is 32.2. The summed E-state index contributed by atoms with van der Waals surface area (Å²) in [6.07, 6.45) is 0. The van der Waals surface area contributed by atoms with Crippen LogP contribution in [0.2, 0.25) is 0 Å². The van der Waals surface area contributed by atoms with E-state index in [4.69, 9.17) is 9.47 Å². The lowest BCUT2D eigenvalue weighted by atomic mass is 10.1. The molecule has 1 aromatic carbocycles. The number of nitrogens with zero attached hydrogens (tertiary/aromatic N) is 2. The van der Waals surface area contributed by atoms with Gasteiger partial charge in [0.1, 0.15) is 11.5 Å². The molecule has 28 heavy (non-hydrogen) atoms. The molecule has 1 saturated heterocycles. The summed E-state index contributed by atoms with van der Waals surface area (Å²) in [6, 6.07) is 5.48. The van der Waals surface area contributed by atoms with Crippen molar-refractivity contribution in [2.45, 2.75) is 13.0 Å². The quantitative estimate of drug-likeness (QED) is 0.474. The molecule has 2 rings (SSSR count). The van der Waals surface area contributed by atoms with E-state index >= 15 is 0 Å². The summed E-state index contributed by atoms with van der Waals surface area (Å²) in [7, 11) is 1.64. The molecular formula is C18H30N4O4S2. The first-order valence-electron chi connectivity index (χ1n) is 9.16. The van der Waals surface area contributed by atoms with Crippen LogP contribution in [0, 0.1) is 0 Å². The fraction of sp³-hybridized carbons (Fsp3) is 0.611. The lowest BCUT2D eigenvalue weighted by Crippen LogP contribution is -2.44. The number of sulfonamides is 1. The summed E-state index contributed by atoms with van der Waals surface area (Å²) in [5.41, 5.74) is 0.920. The number of ether oxygens (including phenoxy) is 2. The van der Waals surface area contributed by atoms with Gasteiger partial charge in [0.05, 0.1) is 26.0 Å². The van der Waals surface area contributed by atoms with E-state index in [-0.39, 0.29) is 18.3 Å². The average Bonchev–Trinajstić information content (AvgIpc) is 2.72. The maximum Gasteiger partial charge on any atom is 0.215 e. The second-order valence-electron chi connectivity index (χ2n) is 6.30. The Morgan fingerprint density at radius 2 is 2.00 bits per heavy atom. The van der Waals surface area contributed by atoms with Crippen LogP contribution in [0.3, 0.4) is 0 Å². The Morgan fingerprint density at radius 1 is 1.29 bits per heavy atom. The van der Waals surface area contributed by atoms with Crippen LogP contribution < -0.4 is 20.1 Å². The number of thioether (sulfide) groups is 1. The van der Waals surface area contributed by atoms with Gasteiger partial charge in [0.2, 0.25) is 10.0 Å². The molecule has 0 radical (unpaired) electrons. The van der Waals surface area contributed by atoms with Crippen LogP contribution in [0.1, 0.15) is 18.5 Å². The smallest absolute Gasteiger partial charge is 0.215 e. The van der Waals surface area contributed by atoms with Gasteiger partial charge < -0.3 is 20.1 Å².